The van der Waals surface area contributed by atoms with E-state index in [1.54, 1.807) is 6.20 Å². The monoisotopic (exact) mass is 389 g/mol. The predicted molar refractivity (Wildman–Crippen MR) is 111 cm³/mol. The second-order valence-corrected chi connectivity index (χ2v) is 7.32. The molecule has 29 heavy (non-hydrogen) atoms. The van der Waals surface area contributed by atoms with Gasteiger partial charge in [0.05, 0.1) is 23.3 Å². The molecule has 4 aromatic heterocycles. The zero-order valence-corrected chi connectivity index (χ0v) is 16.4. The molecule has 148 valence electrons. The Kier molecular flexibility index (Phi) is 4.34. The van der Waals surface area contributed by atoms with Crippen LogP contribution in [0.1, 0.15) is 50.2 Å². The molecule has 0 bridgehead atoms. The lowest BCUT2D eigenvalue weighted by atomic mass is 10.2. The predicted octanol–water partition coefficient (Wildman–Crippen LogP) is 3.68. The Hall–Kier alpha value is -3.49. The number of nitrogens with one attached hydrogen (secondary N) is 3. The smallest absolute Gasteiger partial charge is 0.227 e. The van der Waals surface area contributed by atoms with Gasteiger partial charge in [0.1, 0.15) is 5.82 Å². The Labute approximate surface area is 168 Å². The van der Waals surface area contributed by atoms with Gasteiger partial charge in [-0.15, -0.1) is 0 Å². The van der Waals surface area contributed by atoms with Gasteiger partial charge in [-0.2, -0.15) is 10.1 Å². The van der Waals surface area contributed by atoms with Gasteiger partial charge in [-0.25, -0.2) is 15.0 Å². The number of anilines is 3. The van der Waals surface area contributed by atoms with Gasteiger partial charge in [-0.1, -0.05) is 0 Å². The van der Waals surface area contributed by atoms with Crippen LogP contribution in [0.3, 0.4) is 0 Å². The standard InChI is InChI=1S/C20H23N9/c1-3-29(12(2)19-23-11-16-14(24-19)6-8-21-16)20-22-9-7-17(26-20)25-18-10-15(27-28-18)13-4-5-13/h6-13,21H,3-5H2,1-2H3,(H2,22,25,26,27,28)/t12-/m1/s1. The maximum Gasteiger partial charge on any atom is 0.227 e. The average molecular weight is 389 g/mol. The number of nitrogens with zero attached hydrogens (tertiary/aromatic N) is 6. The van der Waals surface area contributed by atoms with Crippen LogP contribution in [-0.4, -0.2) is 41.7 Å². The first-order chi connectivity index (χ1) is 14.2. The van der Waals surface area contributed by atoms with Crippen LogP contribution in [0.4, 0.5) is 17.6 Å². The number of hydrogen-bond donors (Lipinski definition) is 3. The number of aromatic amines is 2. The molecule has 0 spiro atoms. The van der Waals surface area contributed by atoms with Crippen molar-refractivity contribution in [2.75, 3.05) is 16.8 Å². The number of hydrogen-bond acceptors (Lipinski definition) is 7. The molecule has 1 atom stereocenters. The van der Waals surface area contributed by atoms with Crippen molar-refractivity contribution < 1.29 is 0 Å². The summed E-state index contributed by atoms with van der Waals surface area (Å²) in [4.78, 5) is 23.6. The van der Waals surface area contributed by atoms with Gasteiger partial charge in [0.2, 0.25) is 5.95 Å². The quantitative estimate of drug-likeness (QED) is 0.442. The second kappa shape index (κ2) is 7.16. The highest BCUT2D eigenvalue weighted by atomic mass is 15.3. The molecule has 5 rings (SSSR count). The molecule has 0 saturated heterocycles. The fraction of sp³-hybridized carbons (Fsp3) is 0.350. The van der Waals surface area contributed by atoms with Crippen LogP contribution in [0, 0.1) is 0 Å². The molecule has 1 saturated carbocycles. The normalized spacial score (nSPS) is 14.8. The van der Waals surface area contributed by atoms with Gasteiger partial charge in [-0.05, 0) is 38.8 Å². The molecule has 0 aromatic carbocycles. The third-order valence-corrected chi connectivity index (χ3v) is 5.27. The fourth-order valence-corrected chi connectivity index (χ4v) is 3.48. The van der Waals surface area contributed by atoms with Gasteiger partial charge >= 0.3 is 0 Å². The molecule has 1 fully saturated rings. The highest BCUT2D eigenvalue weighted by Crippen LogP contribution is 2.39. The summed E-state index contributed by atoms with van der Waals surface area (Å²) in [5.74, 6) is 3.47. The SMILES string of the molecule is CCN(c1nccc(Nc2cc(C3CC3)[nH]n2)n1)[C@H](C)c1ncc2[nH]ccc2n1. The first-order valence-electron chi connectivity index (χ1n) is 9.93. The minimum Gasteiger partial charge on any atom is -0.359 e. The average Bonchev–Trinajstić information content (AvgIpc) is 3.30. The molecule has 1 aliphatic carbocycles. The van der Waals surface area contributed by atoms with Crippen LogP contribution >= 0.6 is 0 Å². The summed E-state index contributed by atoms with van der Waals surface area (Å²) >= 11 is 0. The molecule has 0 aliphatic heterocycles. The largest absolute Gasteiger partial charge is 0.359 e. The molecule has 0 amide bonds. The Morgan fingerprint density at radius 2 is 2.10 bits per heavy atom. The molecule has 3 N–H and O–H groups in total. The summed E-state index contributed by atoms with van der Waals surface area (Å²) in [7, 11) is 0. The summed E-state index contributed by atoms with van der Waals surface area (Å²) in [5, 5.41) is 10.7. The highest BCUT2D eigenvalue weighted by Gasteiger charge is 2.25. The molecular weight excluding hydrogens is 366 g/mol. The van der Waals surface area contributed by atoms with Crippen molar-refractivity contribution >= 4 is 28.6 Å². The molecule has 4 aromatic rings. The van der Waals surface area contributed by atoms with E-state index in [0.29, 0.717) is 17.7 Å². The minimum absolute atomic E-state index is 0.0681. The Morgan fingerprint density at radius 3 is 2.93 bits per heavy atom. The van der Waals surface area contributed by atoms with E-state index in [9.17, 15) is 0 Å². The first kappa shape index (κ1) is 17.6. The maximum atomic E-state index is 4.70. The van der Waals surface area contributed by atoms with Crippen LogP contribution in [-0.2, 0) is 0 Å². The van der Waals surface area contributed by atoms with E-state index in [2.05, 4.69) is 60.3 Å². The van der Waals surface area contributed by atoms with Crippen molar-refractivity contribution in [1.82, 2.24) is 35.1 Å². The lowest BCUT2D eigenvalue weighted by molar-refractivity contribution is 0.634. The number of aromatic nitrogens is 7. The Balaban J connectivity index is 1.37. The lowest BCUT2D eigenvalue weighted by Crippen LogP contribution is -2.29. The van der Waals surface area contributed by atoms with Crippen LogP contribution in [0.2, 0.25) is 0 Å². The van der Waals surface area contributed by atoms with Gasteiger partial charge in [0.15, 0.2) is 11.6 Å². The van der Waals surface area contributed by atoms with Crippen molar-refractivity contribution in [3.63, 3.8) is 0 Å². The maximum absolute atomic E-state index is 4.70. The Bertz CT molecular complexity index is 1130. The van der Waals surface area contributed by atoms with Crippen molar-refractivity contribution in [3.05, 3.63) is 48.3 Å². The minimum atomic E-state index is -0.0681. The van der Waals surface area contributed by atoms with Crippen molar-refractivity contribution in [1.29, 1.82) is 0 Å². The van der Waals surface area contributed by atoms with E-state index < -0.39 is 0 Å². The molecule has 4 heterocycles. The van der Waals surface area contributed by atoms with E-state index in [4.69, 9.17) is 4.98 Å². The van der Waals surface area contributed by atoms with Gasteiger partial charge in [0, 0.05) is 36.6 Å². The topological polar surface area (TPSA) is 111 Å². The molecule has 9 nitrogen and oxygen atoms in total. The number of fused-ring (bicyclic) bond motifs is 1. The molecule has 9 heteroatoms. The zero-order valence-electron chi connectivity index (χ0n) is 16.4. The van der Waals surface area contributed by atoms with Gasteiger partial charge < -0.3 is 15.2 Å². The van der Waals surface area contributed by atoms with Gasteiger partial charge in [0.25, 0.3) is 0 Å². The van der Waals surface area contributed by atoms with E-state index >= 15 is 0 Å². The lowest BCUT2D eigenvalue weighted by Gasteiger charge is -2.27. The van der Waals surface area contributed by atoms with Crippen LogP contribution < -0.4 is 10.2 Å². The van der Waals surface area contributed by atoms with Crippen molar-refractivity contribution in [3.8, 4) is 0 Å². The van der Waals surface area contributed by atoms with Crippen LogP contribution in [0.5, 0.6) is 0 Å². The third kappa shape index (κ3) is 3.51. The molecular formula is C20H23N9. The zero-order chi connectivity index (χ0) is 19.8. The molecule has 0 radical (unpaired) electrons. The first-order valence-corrected chi connectivity index (χ1v) is 9.93. The number of H-pyrrole nitrogens is 2. The van der Waals surface area contributed by atoms with Crippen molar-refractivity contribution in [2.24, 2.45) is 0 Å². The second-order valence-electron chi connectivity index (χ2n) is 7.32. The van der Waals surface area contributed by atoms with E-state index in [0.717, 1.165) is 29.2 Å². The third-order valence-electron chi connectivity index (χ3n) is 5.27. The number of rotatable bonds is 7. The van der Waals surface area contributed by atoms with E-state index in [-0.39, 0.29) is 6.04 Å². The van der Waals surface area contributed by atoms with Crippen LogP contribution in [0.15, 0.2) is 36.8 Å². The summed E-state index contributed by atoms with van der Waals surface area (Å²) in [6, 6.07) is 5.78. The van der Waals surface area contributed by atoms with E-state index in [1.165, 1.54) is 18.5 Å². The fourth-order valence-electron chi connectivity index (χ4n) is 3.48. The molecule has 1 aliphatic rings. The summed E-state index contributed by atoms with van der Waals surface area (Å²) < 4.78 is 0. The summed E-state index contributed by atoms with van der Waals surface area (Å²) in [6.07, 6.45) is 7.91. The van der Waals surface area contributed by atoms with Gasteiger partial charge in [-0.3, -0.25) is 5.10 Å². The summed E-state index contributed by atoms with van der Waals surface area (Å²) in [5.41, 5.74) is 3.01. The molecule has 0 unspecified atom stereocenters. The Morgan fingerprint density at radius 1 is 1.21 bits per heavy atom. The van der Waals surface area contributed by atoms with Crippen molar-refractivity contribution in [2.45, 2.75) is 38.6 Å². The van der Waals surface area contributed by atoms with Crippen LogP contribution in [0.25, 0.3) is 11.0 Å². The van der Waals surface area contributed by atoms with E-state index in [1.807, 2.05) is 24.5 Å². The summed E-state index contributed by atoms with van der Waals surface area (Å²) in [6.45, 7) is 4.87. The highest BCUT2D eigenvalue weighted by molar-refractivity contribution is 5.73.